The molecule has 0 radical (unpaired) electrons. The van der Waals surface area contributed by atoms with E-state index in [1.807, 2.05) is 0 Å². The summed E-state index contributed by atoms with van der Waals surface area (Å²) in [6, 6.07) is 8.86. The summed E-state index contributed by atoms with van der Waals surface area (Å²) in [5.41, 5.74) is 5.55. The van der Waals surface area contributed by atoms with Crippen molar-refractivity contribution in [1.29, 1.82) is 0 Å². The lowest BCUT2D eigenvalue weighted by molar-refractivity contribution is -0.140. The number of methoxy groups -OCH3 is 1. The highest BCUT2D eigenvalue weighted by atomic mass is 35.5. The molecule has 0 saturated heterocycles. The van der Waals surface area contributed by atoms with Gasteiger partial charge in [-0.3, -0.25) is 4.79 Å². The van der Waals surface area contributed by atoms with Crippen molar-refractivity contribution in [2.75, 3.05) is 19.4 Å². The van der Waals surface area contributed by atoms with E-state index in [2.05, 4.69) is 15.3 Å². The molecule has 39 heavy (non-hydrogen) atoms. The normalized spacial score (nSPS) is 12.5. The first-order chi connectivity index (χ1) is 18.5. The van der Waals surface area contributed by atoms with E-state index in [9.17, 15) is 22.4 Å². The van der Waals surface area contributed by atoms with Crippen LogP contribution >= 0.6 is 23.4 Å². The summed E-state index contributed by atoms with van der Waals surface area (Å²) in [6.45, 7) is 1.85. The number of thioether (sulfide) groups is 1. The third-order valence-electron chi connectivity index (χ3n) is 5.68. The van der Waals surface area contributed by atoms with Crippen LogP contribution < -0.4 is 15.8 Å². The molecule has 2 aromatic heterocycles. The number of nitrogens with one attached hydrogen (secondary N) is 1. The van der Waals surface area contributed by atoms with Gasteiger partial charge in [0.2, 0.25) is 5.89 Å². The highest BCUT2D eigenvalue weighted by Gasteiger charge is 2.33. The number of ether oxygens (including phenoxy) is 1. The number of aromatic nitrogens is 2. The van der Waals surface area contributed by atoms with Crippen LogP contribution in [0.25, 0.3) is 22.4 Å². The van der Waals surface area contributed by atoms with Crippen LogP contribution in [0.1, 0.15) is 40.5 Å². The number of rotatable bonds is 9. The van der Waals surface area contributed by atoms with Crippen LogP contribution in [0.15, 0.2) is 46.9 Å². The highest BCUT2D eigenvalue weighted by Crippen LogP contribution is 2.37. The monoisotopic (exact) mass is 582 g/mol. The molecule has 1 atom stereocenters. The number of oxazole rings is 1. The van der Waals surface area contributed by atoms with Gasteiger partial charge in [0.15, 0.2) is 11.5 Å². The van der Waals surface area contributed by atoms with Crippen molar-refractivity contribution in [2.45, 2.75) is 24.9 Å². The third kappa shape index (κ3) is 6.29. The highest BCUT2D eigenvalue weighted by molar-refractivity contribution is 7.98. The number of hydrogen-bond donors (Lipinski definition) is 2. The summed E-state index contributed by atoms with van der Waals surface area (Å²) in [4.78, 5) is 21.0. The van der Waals surface area contributed by atoms with E-state index in [0.717, 1.165) is 6.07 Å². The maximum atomic E-state index is 13.9. The number of fused-ring (bicyclic) bond motifs is 1. The number of carbonyl (C=O) groups is 1. The molecule has 0 aliphatic carbocycles. The lowest BCUT2D eigenvalue weighted by atomic mass is 10.1. The first kappa shape index (κ1) is 28.7. The number of amides is 1. The summed E-state index contributed by atoms with van der Waals surface area (Å²) in [7, 11) is 1.32. The van der Waals surface area contributed by atoms with Crippen molar-refractivity contribution in [3.05, 3.63) is 76.0 Å². The first-order valence-electron chi connectivity index (χ1n) is 11.6. The standard InChI is InChI=1S/C26H23ClF4N4O3S/c1-13(32)23-22(24(36)33-10-11-39-12-16-17(27)4-3-5-18(16)28)35-25(38-23)15-6-8-19(37-2)21-14(15)7-9-20(34-21)26(29,30)31/h3-9,13H,10-12,32H2,1-2H3,(H,33,36)/t13-/m0/s1. The molecule has 2 heterocycles. The maximum absolute atomic E-state index is 13.9. The molecule has 0 unspecified atom stereocenters. The van der Waals surface area contributed by atoms with Gasteiger partial charge in [-0.2, -0.15) is 24.9 Å². The molecular weight excluding hydrogens is 560 g/mol. The van der Waals surface area contributed by atoms with Crippen LogP contribution in [-0.2, 0) is 11.9 Å². The van der Waals surface area contributed by atoms with Crippen molar-refractivity contribution in [1.82, 2.24) is 15.3 Å². The summed E-state index contributed by atoms with van der Waals surface area (Å²) >= 11 is 7.42. The van der Waals surface area contributed by atoms with E-state index >= 15 is 0 Å². The van der Waals surface area contributed by atoms with Gasteiger partial charge in [0.05, 0.1) is 13.2 Å². The van der Waals surface area contributed by atoms with E-state index in [1.165, 1.54) is 43.1 Å². The van der Waals surface area contributed by atoms with Gasteiger partial charge in [-0.05, 0) is 43.3 Å². The summed E-state index contributed by atoms with van der Waals surface area (Å²) in [5.74, 6) is 0.0808. The first-order valence-corrected chi connectivity index (χ1v) is 13.1. The Balaban J connectivity index is 1.55. The molecule has 0 fully saturated rings. The van der Waals surface area contributed by atoms with Gasteiger partial charge in [0, 0.05) is 39.6 Å². The van der Waals surface area contributed by atoms with Gasteiger partial charge < -0.3 is 20.2 Å². The maximum Gasteiger partial charge on any atom is 0.433 e. The van der Waals surface area contributed by atoms with Crippen LogP contribution in [0.2, 0.25) is 5.02 Å². The average Bonchev–Trinajstić information content (AvgIpc) is 3.34. The zero-order valence-corrected chi connectivity index (χ0v) is 22.3. The Bertz CT molecular complexity index is 1490. The van der Waals surface area contributed by atoms with Gasteiger partial charge >= 0.3 is 6.18 Å². The van der Waals surface area contributed by atoms with Crippen LogP contribution in [0.5, 0.6) is 5.75 Å². The van der Waals surface area contributed by atoms with Crippen molar-refractivity contribution < 1.29 is 31.5 Å². The van der Waals surface area contributed by atoms with Crippen molar-refractivity contribution >= 4 is 40.2 Å². The molecule has 0 saturated carbocycles. The molecule has 2 aromatic carbocycles. The lowest BCUT2D eigenvalue weighted by Gasteiger charge is -2.11. The third-order valence-corrected chi connectivity index (χ3v) is 7.02. The Labute approximate surface area is 230 Å². The van der Waals surface area contributed by atoms with Gasteiger partial charge in [0.25, 0.3) is 5.91 Å². The van der Waals surface area contributed by atoms with E-state index in [1.54, 1.807) is 19.1 Å². The van der Waals surface area contributed by atoms with Crippen molar-refractivity contribution in [3.8, 4) is 17.2 Å². The van der Waals surface area contributed by atoms with Gasteiger partial charge in [0.1, 0.15) is 22.8 Å². The lowest BCUT2D eigenvalue weighted by Crippen LogP contribution is -2.27. The summed E-state index contributed by atoms with van der Waals surface area (Å²) in [6.07, 6.45) is -4.65. The quantitative estimate of drug-likeness (QED) is 0.174. The molecular formula is C26H23ClF4N4O3S. The predicted molar refractivity (Wildman–Crippen MR) is 141 cm³/mol. The van der Waals surface area contributed by atoms with Crippen molar-refractivity contribution in [3.63, 3.8) is 0 Å². The fraction of sp³-hybridized carbons (Fsp3) is 0.269. The largest absolute Gasteiger partial charge is 0.494 e. The predicted octanol–water partition coefficient (Wildman–Crippen LogP) is 6.39. The number of alkyl halides is 3. The molecule has 1 amide bonds. The summed E-state index contributed by atoms with van der Waals surface area (Å²) < 4.78 is 64.7. The number of pyridine rings is 1. The molecule has 206 valence electrons. The molecule has 0 spiro atoms. The number of benzene rings is 2. The van der Waals surface area contributed by atoms with Crippen LogP contribution in [0.4, 0.5) is 17.6 Å². The second kappa shape index (κ2) is 11.8. The number of carbonyl (C=O) groups excluding carboxylic acids is 1. The number of halogens is 5. The van der Waals surface area contributed by atoms with Gasteiger partial charge in [-0.1, -0.05) is 17.7 Å². The Hall–Kier alpha value is -3.35. The number of nitrogens with two attached hydrogens (primary N) is 1. The Kier molecular flexibility index (Phi) is 8.67. The Morgan fingerprint density at radius 2 is 1.97 bits per heavy atom. The minimum absolute atomic E-state index is 0.00904. The summed E-state index contributed by atoms with van der Waals surface area (Å²) in [5, 5.41) is 3.35. The van der Waals surface area contributed by atoms with Crippen LogP contribution in [0.3, 0.4) is 0 Å². The van der Waals surface area contributed by atoms with E-state index in [-0.39, 0.29) is 40.5 Å². The number of nitrogens with zero attached hydrogens (tertiary/aromatic N) is 2. The fourth-order valence-electron chi connectivity index (χ4n) is 3.78. The van der Waals surface area contributed by atoms with Crippen LogP contribution in [-0.4, -0.2) is 35.3 Å². The average molecular weight is 583 g/mol. The zero-order chi connectivity index (χ0) is 28.3. The molecule has 0 bridgehead atoms. The second-order valence-corrected chi connectivity index (χ2v) is 9.95. The minimum atomic E-state index is -4.65. The molecule has 3 N–H and O–H groups in total. The Morgan fingerprint density at radius 3 is 2.64 bits per heavy atom. The molecule has 13 heteroatoms. The minimum Gasteiger partial charge on any atom is -0.494 e. The number of hydrogen-bond acceptors (Lipinski definition) is 7. The fourth-order valence-corrected chi connectivity index (χ4v) is 4.98. The smallest absolute Gasteiger partial charge is 0.433 e. The van der Waals surface area contributed by atoms with Crippen LogP contribution in [0, 0.1) is 5.82 Å². The van der Waals surface area contributed by atoms with Crippen molar-refractivity contribution in [2.24, 2.45) is 5.73 Å². The van der Waals surface area contributed by atoms with Gasteiger partial charge in [-0.15, -0.1) is 0 Å². The molecule has 4 rings (SSSR count). The molecule has 0 aliphatic rings. The van der Waals surface area contributed by atoms with E-state index < -0.39 is 29.6 Å². The van der Waals surface area contributed by atoms with E-state index in [4.69, 9.17) is 26.5 Å². The Morgan fingerprint density at radius 1 is 1.21 bits per heavy atom. The SMILES string of the molecule is COc1ccc(-c2nc(C(=O)NCCSCc3c(F)cccc3Cl)c([C@H](C)N)o2)c2ccc(C(F)(F)F)nc12. The second-order valence-electron chi connectivity index (χ2n) is 8.44. The van der Waals surface area contributed by atoms with Gasteiger partial charge in [-0.25, -0.2) is 14.4 Å². The molecule has 7 nitrogen and oxygen atoms in total. The molecule has 4 aromatic rings. The zero-order valence-electron chi connectivity index (χ0n) is 20.7. The molecule has 0 aliphatic heterocycles. The van der Waals surface area contributed by atoms with E-state index in [0.29, 0.717) is 27.7 Å². The topological polar surface area (TPSA) is 103 Å².